The van der Waals surface area contributed by atoms with E-state index in [1.54, 1.807) is 18.2 Å². The molecule has 2 aromatic carbocycles. The average Bonchev–Trinajstić information content (AvgIpc) is 3.10. The minimum atomic E-state index is -4.37. The van der Waals surface area contributed by atoms with Gasteiger partial charge < -0.3 is 15.4 Å². The van der Waals surface area contributed by atoms with E-state index in [0.717, 1.165) is 37.2 Å². The van der Waals surface area contributed by atoms with Crippen LogP contribution >= 0.6 is 0 Å². The molecule has 0 radical (unpaired) electrons. The number of nitrogens with zero attached hydrogens (tertiary/aromatic N) is 1. The van der Waals surface area contributed by atoms with Crippen LogP contribution in [-0.2, 0) is 17.6 Å². The molecule has 1 fully saturated rings. The quantitative estimate of drug-likeness (QED) is 0.879. The summed E-state index contributed by atoms with van der Waals surface area (Å²) in [6, 6.07) is 11.9. The van der Waals surface area contributed by atoms with Crippen molar-refractivity contribution in [2.75, 3.05) is 11.4 Å². The molecule has 2 aromatic rings. The van der Waals surface area contributed by atoms with E-state index in [4.69, 9.17) is 10.5 Å². The van der Waals surface area contributed by atoms with Gasteiger partial charge in [0, 0.05) is 12.2 Å². The lowest BCUT2D eigenvalue weighted by molar-refractivity contribution is -0.137. The zero-order valence-corrected chi connectivity index (χ0v) is 14.0. The number of alkyl halides is 3. The Morgan fingerprint density at radius 1 is 1.19 bits per heavy atom. The first kappa shape index (κ1) is 18.1. The molecule has 1 amide bonds. The standard InChI is InChI=1S/C19H19F3N2O2/c20-19(21,22)14-4-1-3-13(11-14)12-26-16-8-6-15(7-9-16)24-10-2-5-17(24)18(23)25/h1,3-4,6-9,11,17H,2,5,10,12H2,(H2,23,25)/t17-/m1/s1. The number of benzene rings is 2. The molecule has 1 saturated heterocycles. The molecule has 7 heteroatoms. The number of halogens is 3. The molecule has 0 spiro atoms. The van der Waals surface area contributed by atoms with Crippen LogP contribution in [0.2, 0.25) is 0 Å². The largest absolute Gasteiger partial charge is 0.489 e. The van der Waals surface area contributed by atoms with Gasteiger partial charge in [-0.05, 0) is 54.8 Å². The van der Waals surface area contributed by atoms with Gasteiger partial charge in [-0.3, -0.25) is 4.79 Å². The van der Waals surface area contributed by atoms with Crippen molar-refractivity contribution < 1.29 is 22.7 Å². The number of rotatable bonds is 5. The van der Waals surface area contributed by atoms with Crippen molar-refractivity contribution in [3.05, 3.63) is 59.7 Å². The molecular formula is C19H19F3N2O2. The van der Waals surface area contributed by atoms with Crippen LogP contribution in [0.4, 0.5) is 18.9 Å². The number of carbonyl (C=O) groups excluding carboxylic acids is 1. The fraction of sp³-hybridized carbons (Fsp3) is 0.316. The molecule has 1 heterocycles. The van der Waals surface area contributed by atoms with E-state index in [1.165, 1.54) is 6.07 Å². The number of carbonyl (C=O) groups is 1. The first-order valence-electron chi connectivity index (χ1n) is 8.29. The van der Waals surface area contributed by atoms with Crippen LogP contribution in [0, 0.1) is 0 Å². The molecule has 1 aliphatic heterocycles. The second kappa shape index (κ2) is 7.27. The van der Waals surface area contributed by atoms with Crippen LogP contribution in [0.3, 0.4) is 0 Å². The fourth-order valence-corrected chi connectivity index (χ4v) is 3.11. The van der Waals surface area contributed by atoms with Crippen molar-refractivity contribution in [1.82, 2.24) is 0 Å². The third-order valence-corrected chi connectivity index (χ3v) is 4.41. The fourth-order valence-electron chi connectivity index (χ4n) is 3.11. The van der Waals surface area contributed by atoms with Crippen LogP contribution in [0.1, 0.15) is 24.0 Å². The monoisotopic (exact) mass is 364 g/mol. The van der Waals surface area contributed by atoms with Gasteiger partial charge in [-0.2, -0.15) is 13.2 Å². The molecule has 0 bridgehead atoms. The Bertz CT molecular complexity index is 775. The lowest BCUT2D eigenvalue weighted by atomic mass is 10.1. The number of hydrogen-bond donors (Lipinski definition) is 1. The SMILES string of the molecule is NC(=O)[C@H]1CCCN1c1ccc(OCc2cccc(C(F)(F)F)c2)cc1. The van der Waals surface area contributed by atoms with Crippen molar-refractivity contribution in [2.45, 2.75) is 31.7 Å². The Balaban J connectivity index is 1.64. The minimum absolute atomic E-state index is 0.0386. The van der Waals surface area contributed by atoms with E-state index in [2.05, 4.69) is 0 Å². The molecule has 3 rings (SSSR count). The summed E-state index contributed by atoms with van der Waals surface area (Å²) in [7, 11) is 0. The van der Waals surface area contributed by atoms with Gasteiger partial charge >= 0.3 is 6.18 Å². The number of amides is 1. The van der Waals surface area contributed by atoms with Gasteiger partial charge in [-0.25, -0.2) is 0 Å². The summed E-state index contributed by atoms with van der Waals surface area (Å²) < 4.78 is 43.8. The van der Waals surface area contributed by atoms with Gasteiger partial charge in [0.25, 0.3) is 0 Å². The maximum atomic E-state index is 12.7. The molecular weight excluding hydrogens is 345 g/mol. The van der Waals surface area contributed by atoms with E-state index in [9.17, 15) is 18.0 Å². The summed E-state index contributed by atoms with van der Waals surface area (Å²) in [5, 5.41) is 0. The van der Waals surface area contributed by atoms with Crippen LogP contribution in [0.15, 0.2) is 48.5 Å². The van der Waals surface area contributed by atoms with Crippen molar-refractivity contribution >= 4 is 11.6 Å². The lowest BCUT2D eigenvalue weighted by Gasteiger charge is -2.24. The molecule has 0 saturated carbocycles. The highest BCUT2D eigenvalue weighted by molar-refractivity contribution is 5.84. The van der Waals surface area contributed by atoms with Crippen LogP contribution in [0.25, 0.3) is 0 Å². The predicted molar refractivity (Wildman–Crippen MR) is 91.8 cm³/mol. The summed E-state index contributed by atoms with van der Waals surface area (Å²) in [6.45, 7) is 0.801. The minimum Gasteiger partial charge on any atom is -0.489 e. The van der Waals surface area contributed by atoms with Gasteiger partial charge in [-0.15, -0.1) is 0 Å². The molecule has 26 heavy (non-hydrogen) atoms. The maximum absolute atomic E-state index is 12.7. The number of anilines is 1. The van der Waals surface area contributed by atoms with Gasteiger partial charge in [0.1, 0.15) is 18.4 Å². The van der Waals surface area contributed by atoms with Crippen molar-refractivity contribution in [2.24, 2.45) is 5.73 Å². The summed E-state index contributed by atoms with van der Waals surface area (Å²) in [6.07, 6.45) is -2.73. The van der Waals surface area contributed by atoms with Crippen LogP contribution < -0.4 is 15.4 Å². The Morgan fingerprint density at radius 2 is 1.92 bits per heavy atom. The predicted octanol–water partition coefficient (Wildman–Crippen LogP) is 3.74. The average molecular weight is 364 g/mol. The number of hydrogen-bond acceptors (Lipinski definition) is 3. The molecule has 4 nitrogen and oxygen atoms in total. The first-order chi connectivity index (χ1) is 12.3. The topological polar surface area (TPSA) is 55.6 Å². The third-order valence-electron chi connectivity index (χ3n) is 4.41. The molecule has 0 aliphatic carbocycles. The highest BCUT2D eigenvalue weighted by Crippen LogP contribution is 2.30. The molecule has 2 N–H and O–H groups in total. The molecule has 1 atom stereocenters. The highest BCUT2D eigenvalue weighted by Gasteiger charge is 2.30. The summed E-state index contributed by atoms with van der Waals surface area (Å²) in [5.74, 6) is 0.202. The van der Waals surface area contributed by atoms with E-state index < -0.39 is 11.7 Å². The molecule has 0 unspecified atom stereocenters. The zero-order valence-electron chi connectivity index (χ0n) is 14.0. The number of ether oxygens (including phenoxy) is 1. The molecule has 138 valence electrons. The zero-order chi connectivity index (χ0) is 18.7. The Kier molecular flexibility index (Phi) is 5.06. The van der Waals surface area contributed by atoms with Gasteiger partial charge in [0.15, 0.2) is 0 Å². The van der Waals surface area contributed by atoms with E-state index >= 15 is 0 Å². The maximum Gasteiger partial charge on any atom is 0.416 e. The third kappa shape index (κ3) is 4.09. The van der Waals surface area contributed by atoms with E-state index in [-0.39, 0.29) is 18.6 Å². The van der Waals surface area contributed by atoms with Crippen molar-refractivity contribution in [3.63, 3.8) is 0 Å². The normalized spacial score (nSPS) is 17.3. The van der Waals surface area contributed by atoms with E-state index in [1.807, 2.05) is 17.0 Å². The second-order valence-electron chi connectivity index (χ2n) is 6.23. The first-order valence-corrected chi connectivity index (χ1v) is 8.29. The smallest absolute Gasteiger partial charge is 0.416 e. The van der Waals surface area contributed by atoms with Crippen molar-refractivity contribution in [1.29, 1.82) is 0 Å². The van der Waals surface area contributed by atoms with Gasteiger partial charge in [0.2, 0.25) is 5.91 Å². The summed E-state index contributed by atoms with van der Waals surface area (Å²) >= 11 is 0. The van der Waals surface area contributed by atoms with Gasteiger partial charge in [-0.1, -0.05) is 12.1 Å². The van der Waals surface area contributed by atoms with Crippen LogP contribution in [-0.4, -0.2) is 18.5 Å². The highest BCUT2D eigenvalue weighted by atomic mass is 19.4. The van der Waals surface area contributed by atoms with Crippen LogP contribution in [0.5, 0.6) is 5.75 Å². The Morgan fingerprint density at radius 3 is 2.58 bits per heavy atom. The molecule has 0 aromatic heterocycles. The second-order valence-corrected chi connectivity index (χ2v) is 6.23. The van der Waals surface area contributed by atoms with E-state index in [0.29, 0.717) is 11.3 Å². The Labute approximate surface area is 149 Å². The number of nitrogens with two attached hydrogens (primary N) is 1. The lowest BCUT2D eigenvalue weighted by Crippen LogP contribution is -2.40. The number of primary amides is 1. The van der Waals surface area contributed by atoms with Crippen molar-refractivity contribution in [3.8, 4) is 5.75 Å². The Hall–Kier alpha value is -2.70. The molecule has 1 aliphatic rings. The summed E-state index contributed by atoms with van der Waals surface area (Å²) in [5.41, 5.74) is 6.05. The van der Waals surface area contributed by atoms with Gasteiger partial charge in [0.05, 0.1) is 5.56 Å². The summed E-state index contributed by atoms with van der Waals surface area (Å²) in [4.78, 5) is 13.4.